The van der Waals surface area contributed by atoms with E-state index in [-0.39, 0.29) is 24.4 Å². The van der Waals surface area contributed by atoms with Gasteiger partial charge in [0.05, 0.1) is 42.9 Å². The molecule has 0 spiro atoms. The van der Waals surface area contributed by atoms with Crippen molar-refractivity contribution in [2.45, 2.75) is 25.5 Å². The summed E-state index contributed by atoms with van der Waals surface area (Å²) in [5.41, 5.74) is 3.59. The van der Waals surface area contributed by atoms with Crippen molar-refractivity contribution in [3.8, 4) is 11.3 Å². The topological polar surface area (TPSA) is 114 Å². The zero-order valence-corrected chi connectivity index (χ0v) is 25.7. The van der Waals surface area contributed by atoms with Crippen molar-refractivity contribution in [2.75, 3.05) is 39.4 Å². The maximum absolute atomic E-state index is 14.2. The third kappa shape index (κ3) is 6.18. The molecule has 10 nitrogen and oxygen atoms in total. The molecule has 10 heteroatoms. The molecule has 4 heterocycles. The van der Waals surface area contributed by atoms with Gasteiger partial charge >= 0.3 is 5.97 Å². The Morgan fingerprint density at radius 2 is 1.72 bits per heavy atom. The van der Waals surface area contributed by atoms with Crippen molar-refractivity contribution in [3.63, 3.8) is 0 Å². The summed E-state index contributed by atoms with van der Waals surface area (Å²) in [6.45, 7) is 3.79. The lowest BCUT2D eigenvalue weighted by atomic mass is 9.79. The number of carbonyl (C=O) groups is 2. The van der Waals surface area contributed by atoms with Crippen LogP contribution >= 0.6 is 0 Å². The minimum Gasteiger partial charge on any atom is -0.461 e. The number of imidazole rings is 1. The number of esters is 1. The molecular formula is C36H38N6O4. The number of aromatic amines is 1. The van der Waals surface area contributed by atoms with E-state index in [4.69, 9.17) is 14.6 Å². The molecule has 0 bridgehead atoms. The van der Waals surface area contributed by atoms with Crippen LogP contribution in [-0.2, 0) is 20.9 Å². The predicted molar refractivity (Wildman–Crippen MR) is 174 cm³/mol. The van der Waals surface area contributed by atoms with Crippen LogP contribution in [0.2, 0.25) is 0 Å². The van der Waals surface area contributed by atoms with E-state index in [9.17, 15) is 9.59 Å². The Bertz CT molecular complexity index is 1770. The second-order valence-electron chi connectivity index (χ2n) is 12.0. The minimum absolute atomic E-state index is 0.0291. The van der Waals surface area contributed by atoms with Gasteiger partial charge in [-0.25, -0.2) is 4.98 Å². The van der Waals surface area contributed by atoms with Gasteiger partial charge < -0.3 is 24.7 Å². The molecule has 1 amide bonds. The summed E-state index contributed by atoms with van der Waals surface area (Å²) >= 11 is 0. The normalized spacial score (nSPS) is 17.1. The van der Waals surface area contributed by atoms with E-state index < -0.39 is 12.0 Å². The third-order valence-electron chi connectivity index (χ3n) is 9.16. The Hall–Kier alpha value is -4.80. The highest BCUT2D eigenvalue weighted by Crippen LogP contribution is 2.39. The number of morpholine rings is 1. The van der Waals surface area contributed by atoms with Gasteiger partial charge in [-0.3, -0.25) is 14.3 Å². The first kappa shape index (κ1) is 29.9. The Morgan fingerprint density at radius 1 is 0.957 bits per heavy atom. The van der Waals surface area contributed by atoms with Crippen molar-refractivity contribution >= 4 is 22.6 Å². The van der Waals surface area contributed by atoms with Crippen LogP contribution < -0.4 is 5.32 Å². The van der Waals surface area contributed by atoms with Crippen LogP contribution in [0.15, 0.2) is 91.5 Å². The number of benzene rings is 3. The molecule has 2 saturated heterocycles. The molecule has 3 aromatic carbocycles. The van der Waals surface area contributed by atoms with Crippen molar-refractivity contribution in [2.24, 2.45) is 11.8 Å². The zero-order valence-electron chi connectivity index (χ0n) is 25.7. The Labute approximate surface area is 267 Å². The van der Waals surface area contributed by atoms with Crippen molar-refractivity contribution in [1.29, 1.82) is 0 Å². The fourth-order valence-corrected chi connectivity index (χ4v) is 6.79. The number of aromatic nitrogens is 4. The van der Waals surface area contributed by atoms with E-state index in [1.54, 1.807) is 17.2 Å². The summed E-state index contributed by atoms with van der Waals surface area (Å²) in [7, 11) is 0. The molecule has 46 heavy (non-hydrogen) atoms. The first-order valence-corrected chi connectivity index (χ1v) is 16.0. The molecule has 0 radical (unpaired) electrons. The molecule has 7 rings (SSSR count). The third-order valence-corrected chi connectivity index (χ3v) is 9.16. The monoisotopic (exact) mass is 618 g/mol. The van der Waals surface area contributed by atoms with E-state index in [0.717, 1.165) is 53.5 Å². The first-order valence-electron chi connectivity index (χ1n) is 16.0. The maximum Gasteiger partial charge on any atom is 0.312 e. The number of hydrogen-bond donors (Lipinski definition) is 2. The number of hydrogen-bond acceptors (Lipinski definition) is 7. The number of nitrogens with one attached hydrogen (secondary N) is 2. The van der Waals surface area contributed by atoms with Gasteiger partial charge in [-0.05, 0) is 48.2 Å². The predicted octanol–water partition coefficient (Wildman–Crippen LogP) is 4.85. The van der Waals surface area contributed by atoms with Crippen LogP contribution in [0.1, 0.15) is 40.5 Å². The Morgan fingerprint density at radius 3 is 2.50 bits per heavy atom. The number of H-pyrrole nitrogens is 1. The average molecular weight is 619 g/mol. The lowest BCUT2D eigenvalue weighted by Gasteiger charge is -2.34. The first-order chi connectivity index (χ1) is 22.7. The van der Waals surface area contributed by atoms with E-state index in [0.29, 0.717) is 37.6 Å². The molecule has 2 unspecified atom stereocenters. The molecule has 2 atom stereocenters. The quantitative estimate of drug-likeness (QED) is 0.227. The van der Waals surface area contributed by atoms with E-state index >= 15 is 0 Å². The van der Waals surface area contributed by atoms with Crippen LogP contribution in [0.25, 0.3) is 22.0 Å². The van der Waals surface area contributed by atoms with E-state index in [2.05, 4.69) is 33.5 Å². The van der Waals surface area contributed by atoms with Crippen molar-refractivity contribution < 1.29 is 19.1 Å². The lowest BCUT2D eigenvalue weighted by molar-refractivity contribution is -0.154. The van der Waals surface area contributed by atoms with E-state index in [1.165, 1.54) is 0 Å². The van der Waals surface area contributed by atoms with Crippen LogP contribution in [0.5, 0.6) is 0 Å². The fourth-order valence-electron chi connectivity index (χ4n) is 6.79. The highest BCUT2D eigenvalue weighted by molar-refractivity contribution is 6.05. The highest BCUT2D eigenvalue weighted by atomic mass is 16.5. The molecule has 2 fully saturated rings. The van der Waals surface area contributed by atoms with Gasteiger partial charge in [0.25, 0.3) is 5.91 Å². The minimum atomic E-state index is -0.575. The summed E-state index contributed by atoms with van der Waals surface area (Å²) in [6, 6.07) is 23.3. The van der Waals surface area contributed by atoms with Gasteiger partial charge in [0, 0.05) is 24.8 Å². The van der Waals surface area contributed by atoms with Crippen LogP contribution in [0, 0.1) is 11.8 Å². The molecule has 0 aliphatic carbocycles. The molecule has 2 N–H and O–H groups in total. The number of nitrogens with zero attached hydrogens (tertiary/aromatic N) is 4. The molecule has 0 saturated carbocycles. The summed E-state index contributed by atoms with van der Waals surface area (Å²) in [4.78, 5) is 37.9. The second-order valence-corrected chi connectivity index (χ2v) is 12.0. The number of carbonyl (C=O) groups excluding carboxylic acids is 2. The van der Waals surface area contributed by atoms with Gasteiger partial charge in [-0.15, -0.1) is 0 Å². The number of fused-ring (bicyclic) bond motifs is 1. The fraction of sp³-hybridized carbons (Fsp3) is 0.333. The standard InChI is InChI=1S/C36H38N6O4/c43-35(41-17-19-45-20-18-41)30-22-42(40-33(30)29-12-6-10-26-9-4-5-11-28(26)29)34(31-21-38-24-39-31)32(27-13-15-37-16-14-27)36(44)46-23-25-7-2-1-3-8-25/h1-12,21-22,24,27,32,34,37H,13-20,23H2,(H,38,39). The molecule has 2 aliphatic rings. The second kappa shape index (κ2) is 13.7. The Kier molecular flexibility index (Phi) is 8.89. The van der Waals surface area contributed by atoms with Crippen molar-refractivity contribution in [1.82, 2.24) is 30.0 Å². The molecule has 236 valence electrons. The number of ether oxygens (including phenoxy) is 2. The van der Waals surface area contributed by atoms with Gasteiger partial charge in [0.15, 0.2) is 0 Å². The molecule has 2 aromatic heterocycles. The highest BCUT2D eigenvalue weighted by Gasteiger charge is 2.41. The van der Waals surface area contributed by atoms with Gasteiger partial charge in [0.2, 0.25) is 0 Å². The zero-order chi connectivity index (χ0) is 31.3. The number of amides is 1. The SMILES string of the molecule is O=C(OCc1ccccc1)C(C1CCNCC1)C(c1cnc[nH]1)n1cc(C(=O)N2CCOCC2)c(-c2cccc3ccccc23)n1. The van der Waals surface area contributed by atoms with Gasteiger partial charge in [-0.1, -0.05) is 72.8 Å². The van der Waals surface area contributed by atoms with E-state index in [1.807, 2.05) is 65.7 Å². The molecule has 2 aliphatic heterocycles. The Balaban J connectivity index is 1.35. The summed E-state index contributed by atoms with van der Waals surface area (Å²) < 4.78 is 13.4. The van der Waals surface area contributed by atoms with Gasteiger partial charge in [-0.2, -0.15) is 5.10 Å². The average Bonchev–Trinajstić information content (AvgIpc) is 3.81. The van der Waals surface area contributed by atoms with Crippen LogP contribution in [0.3, 0.4) is 0 Å². The van der Waals surface area contributed by atoms with Crippen LogP contribution in [0.4, 0.5) is 0 Å². The largest absolute Gasteiger partial charge is 0.461 e. The van der Waals surface area contributed by atoms with Crippen molar-refractivity contribution in [3.05, 3.63) is 108 Å². The van der Waals surface area contributed by atoms with Crippen LogP contribution in [-0.4, -0.2) is 75.9 Å². The summed E-state index contributed by atoms with van der Waals surface area (Å²) in [5.74, 6) is -0.941. The molecule has 5 aromatic rings. The van der Waals surface area contributed by atoms with Gasteiger partial charge in [0.1, 0.15) is 18.3 Å². The number of piperidine rings is 1. The summed E-state index contributed by atoms with van der Waals surface area (Å²) in [5, 5.41) is 10.7. The smallest absolute Gasteiger partial charge is 0.312 e. The lowest BCUT2D eigenvalue weighted by Crippen LogP contribution is -2.41. The molecular weight excluding hydrogens is 580 g/mol. The summed E-state index contributed by atoms with van der Waals surface area (Å²) in [6.07, 6.45) is 6.80. The maximum atomic E-state index is 14.2. The number of rotatable bonds is 9.